The second-order valence-electron chi connectivity index (χ2n) is 7.03. The first-order valence-corrected chi connectivity index (χ1v) is 9.13. The van der Waals surface area contributed by atoms with Crippen LogP contribution in [0.15, 0.2) is 48.5 Å². The van der Waals surface area contributed by atoms with Crippen LogP contribution in [0.1, 0.15) is 12.5 Å². The van der Waals surface area contributed by atoms with Crippen molar-refractivity contribution < 1.29 is 19.7 Å². The summed E-state index contributed by atoms with van der Waals surface area (Å²) >= 11 is 0. The van der Waals surface area contributed by atoms with Crippen LogP contribution in [-0.4, -0.2) is 49.3 Å². The average Bonchev–Trinajstić information content (AvgIpc) is 2.71. The Morgan fingerprint density at radius 3 is 2.41 bits per heavy atom. The highest BCUT2D eigenvalue weighted by Crippen LogP contribution is 2.31. The van der Waals surface area contributed by atoms with Crippen molar-refractivity contribution in [3.8, 4) is 5.75 Å². The first-order valence-electron chi connectivity index (χ1n) is 9.13. The number of rotatable bonds is 9. The van der Waals surface area contributed by atoms with Gasteiger partial charge in [0.1, 0.15) is 12.4 Å². The number of hydrogen-bond donors (Lipinski definition) is 3. The van der Waals surface area contributed by atoms with E-state index in [4.69, 9.17) is 9.47 Å². The lowest BCUT2D eigenvalue weighted by Crippen LogP contribution is -2.48. The monoisotopic (exact) mass is 369 g/mol. The van der Waals surface area contributed by atoms with Crippen LogP contribution >= 0.6 is 0 Å². The van der Waals surface area contributed by atoms with Gasteiger partial charge in [0.2, 0.25) is 0 Å². The number of aliphatic hydroxyl groups excluding tert-OH is 2. The van der Waals surface area contributed by atoms with Gasteiger partial charge in [-0.3, -0.25) is 0 Å². The molecule has 0 fully saturated rings. The summed E-state index contributed by atoms with van der Waals surface area (Å²) in [5, 5.41) is 27.0. The van der Waals surface area contributed by atoms with Gasteiger partial charge in [0.05, 0.1) is 25.4 Å². The molecule has 3 aromatic rings. The second kappa shape index (κ2) is 8.67. The summed E-state index contributed by atoms with van der Waals surface area (Å²) in [4.78, 5) is 0. The van der Waals surface area contributed by atoms with Crippen molar-refractivity contribution in [2.24, 2.45) is 0 Å². The van der Waals surface area contributed by atoms with Crippen LogP contribution in [0.4, 0.5) is 0 Å². The molecule has 3 rings (SSSR count). The smallest absolute Gasteiger partial charge is 0.120 e. The Labute approximate surface area is 159 Å². The molecule has 0 radical (unpaired) electrons. The van der Waals surface area contributed by atoms with Crippen molar-refractivity contribution in [3.05, 3.63) is 54.1 Å². The summed E-state index contributed by atoms with van der Waals surface area (Å²) in [6.07, 6.45) is 0. The van der Waals surface area contributed by atoms with Crippen LogP contribution in [0.25, 0.3) is 21.5 Å². The van der Waals surface area contributed by atoms with Crippen LogP contribution < -0.4 is 10.1 Å². The quantitative estimate of drug-likeness (QED) is 0.400. The molecule has 5 nitrogen and oxygen atoms in total. The first-order chi connectivity index (χ1) is 13.1. The van der Waals surface area contributed by atoms with E-state index in [0.717, 1.165) is 32.9 Å². The summed E-state index contributed by atoms with van der Waals surface area (Å²) in [6, 6.07) is 16.5. The van der Waals surface area contributed by atoms with E-state index in [0.29, 0.717) is 19.8 Å². The molecule has 0 amide bonds. The second-order valence-corrected chi connectivity index (χ2v) is 7.03. The van der Waals surface area contributed by atoms with E-state index in [-0.39, 0.29) is 13.2 Å². The molecular formula is C22H27NO4. The highest BCUT2D eigenvalue weighted by Gasteiger charge is 2.22. The average molecular weight is 369 g/mol. The minimum absolute atomic E-state index is 0.141. The molecule has 5 heteroatoms. The Balaban J connectivity index is 2.05. The SMILES string of the molecule is COCCOc1ccc2cc3ccccc3c(CNC(C)(CO)CO)c2c1. The number of fused-ring (bicyclic) bond motifs is 2. The van der Waals surface area contributed by atoms with Crippen LogP contribution in [-0.2, 0) is 11.3 Å². The number of benzene rings is 3. The number of methoxy groups -OCH3 is 1. The minimum Gasteiger partial charge on any atom is -0.491 e. The van der Waals surface area contributed by atoms with Crippen LogP contribution in [0, 0.1) is 0 Å². The highest BCUT2D eigenvalue weighted by molar-refractivity contribution is 6.02. The van der Waals surface area contributed by atoms with Gasteiger partial charge in [-0.2, -0.15) is 0 Å². The zero-order chi connectivity index (χ0) is 19.3. The summed E-state index contributed by atoms with van der Waals surface area (Å²) in [6.45, 7) is 3.08. The maximum absolute atomic E-state index is 9.60. The Kier molecular flexibility index (Phi) is 6.29. The lowest BCUT2D eigenvalue weighted by Gasteiger charge is -2.27. The molecular weight excluding hydrogens is 342 g/mol. The van der Waals surface area contributed by atoms with Crippen LogP contribution in [0.3, 0.4) is 0 Å². The maximum Gasteiger partial charge on any atom is 0.120 e. The fraction of sp³-hybridized carbons (Fsp3) is 0.364. The van der Waals surface area contributed by atoms with Gasteiger partial charge in [0.15, 0.2) is 0 Å². The topological polar surface area (TPSA) is 71.0 Å². The lowest BCUT2D eigenvalue weighted by molar-refractivity contribution is 0.103. The minimum atomic E-state index is -0.740. The molecule has 3 N–H and O–H groups in total. The van der Waals surface area contributed by atoms with Crippen molar-refractivity contribution in [2.45, 2.75) is 19.0 Å². The molecule has 0 saturated carbocycles. The van der Waals surface area contributed by atoms with Gasteiger partial charge in [-0.1, -0.05) is 30.3 Å². The van der Waals surface area contributed by atoms with Gasteiger partial charge in [-0.05, 0) is 52.2 Å². The number of nitrogens with one attached hydrogen (secondary N) is 1. The number of aliphatic hydroxyl groups is 2. The van der Waals surface area contributed by atoms with Gasteiger partial charge in [-0.25, -0.2) is 0 Å². The van der Waals surface area contributed by atoms with Gasteiger partial charge < -0.3 is 25.0 Å². The largest absolute Gasteiger partial charge is 0.491 e. The standard InChI is InChI=1S/C22H27NO4/c1-22(14-24,15-25)23-13-21-19-6-4-3-5-16(19)11-17-7-8-18(12-20(17)21)27-10-9-26-2/h3-8,11-12,23-25H,9-10,13-15H2,1-2H3. The van der Waals surface area contributed by atoms with Crippen molar-refractivity contribution >= 4 is 21.5 Å². The van der Waals surface area contributed by atoms with Gasteiger partial charge >= 0.3 is 0 Å². The van der Waals surface area contributed by atoms with E-state index in [1.165, 1.54) is 0 Å². The van der Waals surface area contributed by atoms with Crippen LogP contribution in [0.5, 0.6) is 5.75 Å². The molecule has 0 heterocycles. The zero-order valence-corrected chi connectivity index (χ0v) is 15.9. The Morgan fingerprint density at radius 2 is 1.67 bits per heavy atom. The van der Waals surface area contributed by atoms with Crippen LogP contribution in [0.2, 0.25) is 0 Å². The van der Waals surface area contributed by atoms with E-state index in [9.17, 15) is 10.2 Å². The Hall–Kier alpha value is -2.18. The fourth-order valence-corrected chi connectivity index (χ4v) is 3.12. The summed E-state index contributed by atoms with van der Waals surface area (Å²) < 4.78 is 10.8. The normalized spacial score (nSPS) is 12.0. The van der Waals surface area contributed by atoms with Crippen molar-refractivity contribution in [3.63, 3.8) is 0 Å². The predicted molar refractivity (Wildman–Crippen MR) is 108 cm³/mol. The van der Waals surface area contributed by atoms with Crippen molar-refractivity contribution in [1.82, 2.24) is 5.32 Å². The molecule has 0 bridgehead atoms. The van der Waals surface area contributed by atoms with Crippen molar-refractivity contribution in [1.29, 1.82) is 0 Å². The molecule has 0 aliphatic heterocycles. The van der Waals surface area contributed by atoms with Gasteiger partial charge in [-0.15, -0.1) is 0 Å². The van der Waals surface area contributed by atoms with E-state index in [1.54, 1.807) is 14.0 Å². The molecule has 0 aromatic heterocycles. The summed E-state index contributed by atoms with van der Waals surface area (Å²) in [5.41, 5.74) is 0.379. The third-order valence-electron chi connectivity index (χ3n) is 4.89. The molecule has 0 saturated heterocycles. The zero-order valence-electron chi connectivity index (χ0n) is 15.9. The van der Waals surface area contributed by atoms with Crippen molar-refractivity contribution in [2.75, 3.05) is 33.5 Å². The molecule has 0 unspecified atom stereocenters. The highest BCUT2D eigenvalue weighted by atomic mass is 16.5. The summed E-state index contributed by atoms with van der Waals surface area (Å²) in [7, 11) is 1.65. The summed E-state index contributed by atoms with van der Waals surface area (Å²) in [5.74, 6) is 0.795. The molecule has 0 atom stereocenters. The molecule has 0 aliphatic carbocycles. The molecule has 0 spiro atoms. The third-order valence-corrected chi connectivity index (χ3v) is 4.89. The molecule has 27 heavy (non-hydrogen) atoms. The Morgan fingerprint density at radius 1 is 0.926 bits per heavy atom. The number of hydrogen-bond acceptors (Lipinski definition) is 5. The fourth-order valence-electron chi connectivity index (χ4n) is 3.12. The van der Waals surface area contributed by atoms with E-state index < -0.39 is 5.54 Å². The lowest BCUT2D eigenvalue weighted by atomic mass is 9.95. The van der Waals surface area contributed by atoms with E-state index in [1.807, 2.05) is 24.3 Å². The van der Waals surface area contributed by atoms with E-state index >= 15 is 0 Å². The molecule has 144 valence electrons. The van der Waals surface area contributed by atoms with E-state index in [2.05, 4.69) is 29.6 Å². The third kappa shape index (κ3) is 4.39. The maximum atomic E-state index is 9.60. The predicted octanol–water partition coefficient (Wildman–Crippen LogP) is 2.85. The van der Waals surface area contributed by atoms with Gasteiger partial charge in [0, 0.05) is 13.7 Å². The first kappa shape index (κ1) is 19.6. The Bertz CT molecular complexity index is 905. The van der Waals surface area contributed by atoms with Gasteiger partial charge in [0.25, 0.3) is 0 Å². The molecule has 0 aliphatic rings. The number of ether oxygens (including phenoxy) is 2. The molecule has 3 aromatic carbocycles.